The summed E-state index contributed by atoms with van der Waals surface area (Å²) in [5.74, 6) is 0.764. The number of hydrogen-bond donors (Lipinski definition) is 2. The van der Waals surface area contributed by atoms with Gasteiger partial charge in [-0.3, -0.25) is 9.48 Å². The molecular weight excluding hydrogens is 336 g/mol. The standard InChI is InChI=1S/C19H24N4O.ClH/c1-12-7-13-5-3-4-6-15(13)18(12)22-19(24)17-10-20-9-16(17)14-8-21-23(2)11-14;/h3-6,8,11-12,16-18,20H,7,9-10H2,1-2H3,(H,22,24);1H/t12?,16-,17+,18?;/m1./s1. The Kier molecular flexibility index (Phi) is 5.16. The number of aromatic nitrogens is 2. The van der Waals surface area contributed by atoms with Crippen LogP contribution >= 0.6 is 12.4 Å². The number of halogens is 1. The summed E-state index contributed by atoms with van der Waals surface area (Å²) in [6.45, 7) is 3.78. The highest BCUT2D eigenvalue weighted by molar-refractivity contribution is 5.85. The molecule has 0 saturated carbocycles. The third-order valence-electron chi connectivity index (χ3n) is 5.50. The average molecular weight is 361 g/mol. The van der Waals surface area contributed by atoms with E-state index in [1.807, 2.05) is 19.4 Å². The number of nitrogens with one attached hydrogen (secondary N) is 2. The highest BCUT2D eigenvalue weighted by atomic mass is 35.5. The van der Waals surface area contributed by atoms with Crippen LogP contribution in [0.3, 0.4) is 0 Å². The Bertz CT molecular complexity index is 759. The van der Waals surface area contributed by atoms with E-state index in [1.54, 1.807) is 4.68 Å². The number of rotatable bonds is 3. The third-order valence-corrected chi connectivity index (χ3v) is 5.50. The molecule has 1 saturated heterocycles. The summed E-state index contributed by atoms with van der Waals surface area (Å²) in [5, 5.41) is 11.0. The lowest BCUT2D eigenvalue weighted by molar-refractivity contribution is -0.125. The van der Waals surface area contributed by atoms with E-state index < -0.39 is 0 Å². The van der Waals surface area contributed by atoms with Crippen LogP contribution in [0.2, 0.25) is 0 Å². The highest BCUT2D eigenvalue weighted by Crippen LogP contribution is 2.36. The summed E-state index contributed by atoms with van der Waals surface area (Å²) in [6, 6.07) is 8.59. The second-order valence-electron chi connectivity index (χ2n) is 7.19. The van der Waals surface area contributed by atoms with Gasteiger partial charge in [0.1, 0.15) is 0 Å². The number of amides is 1. The zero-order valence-corrected chi connectivity index (χ0v) is 15.4. The molecule has 2 heterocycles. The molecule has 4 rings (SSSR count). The van der Waals surface area contributed by atoms with Gasteiger partial charge >= 0.3 is 0 Å². The van der Waals surface area contributed by atoms with Crippen molar-refractivity contribution in [1.29, 1.82) is 0 Å². The van der Waals surface area contributed by atoms with Crippen LogP contribution in [0.5, 0.6) is 0 Å². The van der Waals surface area contributed by atoms with E-state index in [2.05, 4.69) is 46.9 Å². The normalized spacial score (nSPS) is 27.6. The van der Waals surface area contributed by atoms with Crippen molar-refractivity contribution >= 4 is 18.3 Å². The second-order valence-corrected chi connectivity index (χ2v) is 7.19. The van der Waals surface area contributed by atoms with Gasteiger partial charge in [0.2, 0.25) is 5.91 Å². The topological polar surface area (TPSA) is 59.0 Å². The van der Waals surface area contributed by atoms with Gasteiger partial charge in [0.05, 0.1) is 18.2 Å². The van der Waals surface area contributed by atoms with Gasteiger partial charge in [0, 0.05) is 32.3 Å². The lowest BCUT2D eigenvalue weighted by Gasteiger charge is -2.23. The van der Waals surface area contributed by atoms with E-state index in [-0.39, 0.29) is 36.2 Å². The molecule has 1 fully saturated rings. The first kappa shape index (κ1) is 18.0. The summed E-state index contributed by atoms with van der Waals surface area (Å²) >= 11 is 0. The Labute approximate surface area is 154 Å². The van der Waals surface area contributed by atoms with Crippen molar-refractivity contribution in [1.82, 2.24) is 20.4 Å². The van der Waals surface area contributed by atoms with E-state index in [4.69, 9.17) is 0 Å². The molecule has 2 unspecified atom stereocenters. The first-order chi connectivity index (χ1) is 11.6. The molecule has 6 heteroatoms. The van der Waals surface area contributed by atoms with Crippen LogP contribution in [-0.4, -0.2) is 28.8 Å². The molecule has 0 bridgehead atoms. The maximum atomic E-state index is 13.0. The Morgan fingerprint density at radius 2 is 2.12 bits per heavy atom. The molecule has 1 aliphatic heterocycles. The second kappa shape index (κ2) is 7.18. The van der Waals surface area contributed by atoms with Gasteiger partial charge in [-0.1, -0.05) is 31.2 Å². The Morgan fingerprint density at radius 1 is 1.32 bits per heavy atom. The molecule has 4 atom stereocenters. The van der Waals surface area contributed by atoms with Gasteiger partial charge < -0.3 is 10.6 Å². The zero-order valence-electron chi connectivity index (χ0n) is 14.6. The van der Waals surface area contributed by atoms with Crippen molar-refractivity contribution in [2.24, 2.45) is 18.9 Å². The zero-order chi connectivity index (χ0) is 16.7. The lowest BCUT2D eigenvalue weighted by Crippen LogP contribution is -2.38. The average Bonchev–Trinajstić information content (AvgIpc) is 3.27. The number of carbonyl (C=O) groups excluding carboxylic acids is 1. The van der Waals surface area contributed by atoms with Gasteiger partial charge in [0.25, 0.3) is 0 Å². The summed E-state index contributed by atoms with van der Waals surface area (Å²) in [7, 11) is 1.91. The van der Waals surface area contributed by atoms with Gasteiger partial charge in [0.15, 0.2) is 0 Å². The van der Waals surface area contributed by atoms with Crippen LogP contribution in [0, 0.1) is 11.8 Å². The molecule has 1 amide bonds. The molecule has 2 aliphatic rings. The fraction of sp³-hybridized carbons (Fsp3) is 0.474. The summed E-state index contributed by atoms with van der Waals surface area (Å²) < 4.78 is 1.80. The van der Waals surface area contributed by atoms with Crippen molar-refractivity contribution in [3.05, 3.63) is 53.3 Å². The van der Waals surface area contributed by atoms with Crippen LogP contribution in [-0.2, 0) is 18.3 Å². The van der Waals surface area contributed by atoms with Gasteiger partial charge in [-0.15, -0.1) is 12.4 Å². The minimum atomic E-state index is -0.0332. The molecule has 5 nitrogen and oxygen atoms in total. The van der Waals surface area contributed by atoms with Crippen molar-refractivity contribution in [2.75, 3.05) is 13.1 Å². The Balaban J connectivity index is 0.00000182. The van der Waals surface area contributed by atoms with Gasteiger partial charge in [-0.05, 0) is 29.0 Å². The number of hydrogen-bond acceptors (Lipinski definition) is 3. The fourth-order valence-corrected chi connectivity index (χ4v) is 4.21. The minimum Gasteiger partial charge on any atom is -0.349 e. The number of aryl methyl sites for hydroxylation is 1. The van der Waals surface area contributed by atoms with Gasteiger partial charge in [-0.2, -0.15) is 5.10 Å². The quantitative estimate of drug-likeness (QED) is 0.882. The molecule has 2 aromatic rings. The maximum absolute atomic E-state index is 13.0. The largest absolute Gasteiger partial charge is 0.349 e. The smallest absolute Gasteiger partial charge is 0.225 e. The van der Waals surface area contributed by atoms with E-state index in [9.17, 15) is 4.79 Å². The van der Waals surface area contributed by atoms with Crippen LogP contribution in [0.25, 0.3) is 0 Å². The number of fused-ring (bicyclic) bond motifs is 1. The Morgan fingerprint density at radius 3 is 2.88 bits per heavy atom. The predicted molar refractivity (Wildman–Crippen MR) is 99.8 cm³/mol. The number of benzene rings is 1. The molecule has 1 aromatic heterocycles. The fourth-order valence-electron chi connectivity index (χ4n) is 4.21. The van der Waals surface area contributed by atoms with E-state index >= 15 is 0 Å². The molecule has 134 valence electrons. The van der Waals surface area contributed by atoms with Crippen molar-refractivity contribution in [3.8, 4) is 0 Å². The first-order valence-electron chi connectivity index (χ1n) is 8.71. The van der Waals surface area contributed by atoms with Crippen LogP contribution in [0.1, 0.15) is 35.6 Å². The predicted octanol–water partition coefficient (Wildman–Crippen LogP) is 2.19. The van der Waals surface area contributed by atoms with E-state index in [0.29, 0.717) is 5.92 Å². The lowest BCUT2D eigenvalue weighted by atomic mass is 9.89. The SMILES string of the molecule is CC1Cc2ccccc2C1NC(=O)[C@H]1CNC[C@@H]1c1cnn(C)c1.Cl. The summed E-state index contributed by atoms with van der Waals surface area (Å²) in [5.41, 5.74) is 3.79. The van der Waals surface area contributed by atoms with E-state index in [1.165, 1.54) is 11.1 Å². The molecule has 0 spiro atoms. The maximum Gasteiger partial charge on any atom is 0.225 e. The first-order valence-corrected chi connectivity index (χ1v) is 8.71. The highest BCUT2D eigenvalue weighted by Gasteiger charge is 2.37. The number of carbonyl (C=O) groups is 1. The molecular formula is C19H25ClN4O. The summed E-state index contributed by atoms with van der Waals surface area (Å²) in [6.07, 6.45) is 4.94. The summed E-state index contributed by atoms with van der Waals surface area (Å²) in [4.78, 5) is 13.0. The third kappa shape index (κ3) is 3.31. The minimum absolute atomic E-state index is 0. The van der Waals surface area contributed by atoms with Crippen LogP contribution in [0.4, 0.5) is 0 Å². The van der Waals surface area contributed by atoms with Crippen LogP contribution < -0.4 is 10.6 Å². The van der Waals surface area contributed by atoms with Crippen molar-refractivity contribution in [2.45, 2.75) is 25.3 Å². The van der Waals surface area contributed by atoms with Crippen molar-refractivity contribution in [3.63, 3.8) is 0 Å². The van der Waals surface area contributed by atoms with Crippen molar-refractivity contribution < 1.29 is 4.79 Å². The van der Waals surface area contributed by atoms with Crippen LogP contribution in [0.15, 0.2) is 36.7 Å². The molecule has 1 aromatic carbocycles. The van der Waals surface area contributed by atoms with E-state index in [0.717, 1.165) is 25.1 Å². The molecule has 2 N–H and O–H groups in total. The monoisotopic (exact) mass is 360 g/mol. The Hall–Kier alpha value is -1.85. The molecule has 0 radical (unpaired) electrons. The molecule has 1 aliphatic carbocycles. The molecule has 25 heavy (non-hydrogen) atoms. The number of nitrogens with zero attached hydrogens (tertiary/aromatic N) is 2. The van der Waals surface area contributed by atoms with Gasteiger partial charge in [-0.25, -0.2) is 0 Å².